The van der Waals surface area contributed by atoms with Gasteiger partial charge in [-0.15, -0.1) is 0 Å². The summed E-state index contributed by atoms with van der Waals surface area (Å²) in [6, 6.07) is 4.10. The zero-order valence-corrected chi connectivity index (χ0v) is 9.95. The van der Waals surface area contributed by atoms with Crippen molar-refractivity contribution in [3.05, 3.63) is 29.6 Å². The first-order valence-corrected chi connectivity index (χ1v) is 5.73. The minimum Gasteiger partial charge on any atom is -0.390 e. The molecule has 1 rings (SSSR count). The largest absolute Gasteiger partial charge is 0.390 e. The monoisotopic (exact) mass is 207 g/mol. The molecule has 1 N–H and O–H groups in total. The molecule has 0 fully saturated rings. The van der Waals surface area contributed by atoms with Crippen molar-refractivity contribution in [1.82, 2.24) is 4.98 Å². The third-order valence-corrected chi connectivity index (χ3v) is 2.64. The molecular weight excluding hydrogens is 186 g/mol. The van der Waals surface area contributed by atoms with Crippen LogP contribution in [0.15, 0.2) is 18.3 Å². The van der Waals surface area contributed by atoms with Crippen molar-refractivity contribution in [2.24, 2.45) is 0 Å². The molecule has 0 bridgehead atoms. The second kappa shape index (κ2) is 5.26. The molecule has 0 saturated carbocycles. The summed E-state index contributed by atoms with van der Waals surface area (Å²) in [5, 5.41) is 10.1. The average molecular weight is 207 g/mol. The molecule has 0 aromatic carbocycles. The third-order valence-electron chi connectivity index (χ3n) is 2.64. The van der Waals surface area contributed by atoms with Crippen molar-refractivity contribution in [2.45, 2.75) is 52.1 Å². The number of aliphatic hydroxyl groups is 1. The minimum absolute atomic E-state index is 0.616. The number of rotatable bonds is 5. The van der Waals surface area contributed by atoms with Gasteiger partial charge in [0.1, 0.15) is 0 Å². The number of pyridine rings is 1. The molecule has 0 saturated heterocycles. The predicted octanol–water partition coefficient (Wildman–Crippen LogP) is 2.74. The van der Waals surface area contributed by atoms with E-state index in [1.165, 1.54) is 5.56 Å². The van der Waals surface area contributed by atoms with Crippen molar-refractivity contribution in [2.75, 3.05) is 0 Å². The predicted molar refractivity (Wildman–Crippen MR) is 62.9 cm³/mol. The molecule has 15 heavy (non-hydrogen) atoms. The van der Waals surface area contributed by atoms with Gasteiger partial charge < -0.3 is 5.11 Å². The molecule has 0 amide bonds. The number of nitrogens with zero attached hydrogens (tertiary/aromatic N) is 1. The summed E-state index contributed by atoms with van der Waals surface area (Å²) in [5.74, 6) is 0. The van der Waals surface area contributed by atoms with Crippen LogP contribution in [0.2, 0.25) is 0 Å². The highest BCUT2D eigenvalue weighted by Crippen LogP contribution is 2.17. The summed E-state index contributed by atoms with van der Waals surface area (Å²) in [7, 11) is 0. The Balaban J connectivity index is 2.64. The van der Waals surface area contributed by atoms with Gasteiger partial charge >= 0.3 is 0 Å². The van der Waals surface area contributed by atoms with Crippen LogP contribution in [-0.2, 0) is 12.8 Å². The Morgan fingerprint density at radius 1 is 1.33 bits per heavy atom. The van der Waals surface area contributed by atoms with E-state index >= 15 is 0 Å². The van der Waals surface area contributed by atoms with E-state index in [9.17, 15) is 5.11 Å². The average Bonchev–Trinajstić information content (AvgIpc) is 2.18. The van der Waals surface area contributed by atoms with Crippen molar-refractivity contribution >= 4 is 0 Å². The van der Waals surface area contributed by atoms with Gasteiger partial charge in [0.05, 0.1) is 5.60 Å². The quantitative estimate of drug-likeness (QED) is 0.805. The smallest absolute Gasteiger partial charge is 0.0674 e. The van der Waals surface area contributed by atoms with E-state index < -0.39 is 5.60 Å². The molecule has 0 aliphatic heterocycles. The van der Waals surface area contributed by atoms with E-state index in [-0.39, 0.29) is 0 Å². The van der Waals surface area contributed by atoms with Crippen LogP contribution >= 0.6 is 0 Å². The highest BCUT2D eigenvalue weighted by Gasteiger charge is 2.19. The summed E-state index contributed by atoms with van der Waals surface area (Å²) >= 11 is 0. The van der Waals surface area contributed by atoms with Crippen LogP contribution in [0.4, 0.5) is 0 Å². The van der Waals surface area contributed by atoms with E-state index in [2.05, 4.69) is 24.9 Å². The fraction of sp³-hybridized carbons (Fsp3) is 0.615. The molecule has 1 aromatic rings. The van der Waals surface area contributed by atoms with Crippen molar-refractivity contribution in [3.8, 4) is 0 Å². The van der Waals surface area contributed by atoms with E-state index in [1.54, 1.807) is 0 Å². The summed E-state index contributed by atoms with van der Waals surface area (Å²) < 4.78 is 0. The van der Waals surface area contributed by atoms with Gasteiger partial charge in [0.15, 0.2) is 0 Å². The van der Waals surface area contributed by atoms with Crippen LogP contribution < -0.4 is 0 Å². The Hall–Kier alpha value is -0.890. The van der Waals surface area contributed by atoms with Crippen molar-refractivity contribution in [1.29, 1.82) is 0 Å². The highest BCUT2D eigenvalue weighted by atomic mass is 16.3. The van der Waals surface area contributed by atoms with Crippen LogP contribution in [0, 0.1) is 0 Å². The van der Waals surface area contributed by atoms with E-state index in [0.717, 1.165) is 25.0 Å². The molecule has 0 aliphatic carbocycles. The first-order valence-electron chi connectivity index (χ1n) is 5.73. The highest BCUT2D eigenvalue weighted by molar-refractivity contribution is 5.15. The standard InChI is InChI=1S/C13H21NO/c1-4-8-13(3,15)9-12-7-6-11(5-2)10-14-12/h6-7,10,15H,4-5,8-9H2,1-3H3/t13-/m1/s1. The van der Waals surface area contributed by atoms with Gasteiger partial charge in [-0.1, -0.05) is 26.3 Å². The topological polar surface area (TPSA) is 33.1 Å². The van der Waals surface area contributed by atoms with Crippen molar-refractivity contribution < 1.29 is 5.11 Å². The molecule has 2 nitrogen and oxygen atoms in total. The zero-order chi connectivity index (χ0) is 11.3. The Labute approximate surface area is 92.4 Å². The van der Waals surface area contributed by atoms with Gasteiger partial charge in [-0.3, -0.25) is 4.98 Å². The summed E-state index contributed by atoms with van der Waals surface area (Å²) in [6.07, 6.45) is 5.38. The lowest BCUT2D eigenvalue weighted by Gasteiger charge is -2.22. The van der Waals surface area contributed by atoms with Gasteiger partial charge in [-0.05, 0) is 31.4 Å². The lowest BCUT2D eigenvalue weighted by molar-refractivity contribution is 0.0496. The van der Waals surface area contributed by atoms with E-state index in [0.29, 0.717) is 6.42 Å². The summed E-state index contributed by atoms with van der Waals surface area (Å²) in [5.41, 5.74) is 1.61. The van der Waals surface area contributed by atoms with Gasteiger partial charge in [0.2, 0.25) is 0 Å². The third kappa shape index (κ3) is 4.00. The maximum Gasteiger partial charge on any atom is 0.0674 e. The summed E-state index contributed by atoms with van der Waals surface area (Å²) in [6.45, 7) is 6.08. The lowest BCUT2D eigenvalue weighted by atomic mass is 9.94. The SMILES string of the molecule is CCC[C@@](C)(O)Cc1ccc(CC)cn1. The molecule has 1 atom stereocenters. The minimum atomic E-state index is -0.616. The molecule has 1 aromatic heterocycles. The second-order valence-electron chi connectivity index (χ2n) is 4.44. The molecule has 1 heterocycles. The fourth-order valence-corrected chi connectivity index (χ4v) is 1.79. The van der Waals surface area contributed by atoms with Crippen molar-refractivity contribution in [3.63, 3.8) is 0 Å². The van der Waals surface area contributed by atoms with Gasteiger partial charge in [-0.2, -0.15) is 0 Å². The second-order valence-corrected chi connectivity index (χ2v) is 4.44. The lowest BCUT2D eigenvalue weighted by Crippen LogP contribution is -2.27. The van der Waals surface area contributed by atoms with Crippen LogP contribution in [0.1, 0.15) is 44.9 Å². The van der Waals surface area contributed by atoms with Gasteiger partial charge in [0.25, 0.3) is 0 Å². The Morgan fingerprint density at radius 3 is 2.53 bits per heavy atom. The number of aryl methyl sites for hydroxylation is 1. The van der Waals surface area contributed by atoms with E-state index in [4.69, 9.17) is 0 Å². The number of hydrogen-bond donors (Lipinski definition) is 1. The maximum absolute atomic E-state index is 10.1. The first-order chi connectivity index (χ1) is 7.07. The van der Waals surface area contributed by atoms with Gasteiger partial charge in [-0.25, -0.2) is 0 Å². The maximum atomic E-state index is 10.1. The molecule has 2 heteroatoms. The Kier molecular flexibility index (Phi) is 4.28. The number of aromatic nitrogens is 1. The normalized spacial score (nSPS) is 14.9. The molecular formula is C13H21NO. The fourth-order valence-electron chi connectivity index (χ4n) is 1.79. The van der Waals surface area contributed by atoms with Crippen LogP contribution in [0.3, 0.4) is 0 Å². The molecule has 0 unspecified atom stereocenters. The first kappa shape index (κ1) is 12.2. The van der Waals surface area contributed by atoms with Crippen LogP contribution in [0.25, 0.3) is 0 Å². The number of hydrogen-bond acceptors (Lipinski definition) is 2. The van der Waals surface area contributed by atoms with Crippen LogP contribution in [-0.4, -0.2) is 15.7 Å². The van der Waals surface area contributed by atoms with E-state index in [1.807, 2.05) is 19.2 Å². The van der Waals surface area contributed by atoms with Gasteiger partial charge in [0, 0.05) is 18.3 Å². The molecule has 84 valence electrons. The molecule has 0 spiro atoms. The summed E-state index contributed by atoms with van der Waals surface area (Å²) in [4.78, 5) is 4.36. The Morgan fingerprint density at radius 2 is 2.07 bits per heavy atom. The Bertz CT molecular complexity index is 290. The zero-order valence-electron chi connectivity index (χ0n) is 9.95. The molecule has 0 radical (unpaired) electrons. The molecule has 0 aliphatic rings. The van der Waals surface area contributed by atoms with Crippen LogP contribution in [0.5, 0.6) is 0 Å².